The van der Waals surface area contributed by atoms with Gasteiger partial charge in [-0.2, -0.15) is 0 Å². The van der Waals surface area contributed by atoms with Crippen molar-refractivity contribution in [3.8, 4) is 0 Å². The second kappa shape index (κ2) is 12.2. The topological polar surface area (TPSA) is 111 Å². The molecule has 0 saturated heterocycles. The lowest BCUT2D eigenvalue weighted by molar-refractivity contribution is -0.144. The number of aldehydes is 1. The normalized spacial score (nSPS) is 25.0. The summed E-state index contributed by atoms with van der Waals surface area (Å²) < 4.78 is 6.91. The highest BCUT2D eigenvalue weighted by atomic mass is 35.5. The SMILES string of the molecule is C=C1CC[C@H]2C(C)(C)CCC[C@]2(C)[C@H]1C/C=C(/C=O)CC(=O)OCc1cn(CCN2C(=O)C(=O)c3cc(Cl)ccc32)nn1. The van der Waals surface area contributed by atoms with Crippen LogP contribution >= 0.6 is 11.6 Å². The molecule has 1 amide bonds. The van der Waals surface area contributed by atoms with Crippen molar-refractivity contribution >= 4 is 41.2 Å². The molecule has 2 saturated carbocycles. The van der Waals surface area contributed by atoms with Gasteiger partial charge in [0.2, 0.25) is 0 Å². The fraction of sp³-hybridized carbons (Fsp3) is 0.515. The number of amides is 1. The van der Waals surface area contributed by atoms with Crippen LogP contribution in [0.15, 0.2) is 48.2 Å². The summed E-state index contributed by atoms with van der Waals surface area (Å²) in [7, 11) is 0. The lowest BCUT2D eigenvalue weighted by Gasteiger charge is -2.58. The minimum absolute atomic E-state index is 0.0955. The number of hydrogen-bond donors (Lipinski definition) is 0. The maximum Gasteiger partial charge on any atom is 0.310 e. The summed E-state index contributed by atoms with van der Waals surface area (Å²) in [6, 6.07) is 4.77. The largest absolute Gasteiger partial charge is 0.459 e. The highest BCUT2D eigenvalue weighted by Crippen LogP contribution is 2.61. The van der Waals surface area contributed by atoms with Crippen molar-refractivity contribution in [2.45, 2.75) is 78.9 Å². The summed E-state index contributed by atoms with van der Waals surface area (Å²) in [6.45, 7) is 12.0. The maximum absolute atomic E-state index is 12.6. The third-order valence-electron chi connectivity index (χ3n) is 9.89. The number of nitrogens with zero attached hydrogens (tertiary/aromatic N) is 4. The first kappa shape index (κ1) is 30.9. The molecular formula is C33H39ClN4O5. The first-order valence-electron chi connectivity index (χ1n) is 14.9. The zero-order valence-corrected chi connectivity index (χ0v) is 25.9. The fourth-order valence-electron chi connectivity index (χ4n) is 7.72. The number of Topliss-reactive ketones (excluding diaryl/α,β-unsaturated/α-hetero) is 1. The average Bonchev–Trinajstić information content (AvgIpc) is 3.51. The molecule has 2 fully saturated rings. The Balaban J connectivity index is 1.13. The highest BCUT2D eigenvalue weighted by molar-refractivity contribution is 6.52. The van der Waals surface area contributed by atoms with Gasteiger partial charge in [0.15, 0.2) is 0 Å². The predicted octanol–water partition coefficient (Wildman–Crippen LogP) is 5.91. The standard InChI is InChI=1S/C33H39ClN4O5/c1-21-6-11-28-32(2,3)12-5-13-33(28,4)26(21)9-7-22(19-39)16-29(40)43-20-24-18-37(36-35-24)14-15-38-27-10-8-23(34)17-25(27)30(41)31(38)42/h7-8,10,17-19,26,28H,1,5-6,9,11-16,20H2,2-4H3/b22-7+/t26-,28-,33+/m0/s1. The van der Waals surface area contributed by atoms with Crippen LogP contribution in [0.25, 0.3) is 0 Å². The Morgan fingerprint density at radius 3 is 2.77 bits per heavy atom. The number of benzene rings is 1. The van der Waals surface area contributed by atoms with Gasteiger partial charge in [0.05, 0.1) is 30.4 Å². The summed E-state index contributed by atoms with van der Waals surface area (Å²) in [6.07, 6.45) is 10.6. The Labute approximate surface area is 257 Å². The molecule has 2 aliphatic carbocycles. The molecule has 2 aromatic rings. The van der Waals surface area contributed by atoms with E-state index in [1.807, 2.05) is 6.08 Å². The van der Waals surface area contributed by atoms with E-state index in [1.165, 1.54) is 40.5 Å². The van der Waals surface area contributed by atoms with Crippen molar-refractivity contribution in [3.05, 3.63) is 64.5 Å². The number of rotatable bonds is 10. The first-order chi connectivity index (χ1) is 20.4. The van der Waals surface area contributed by atoms with Crippen molar-refractivity contribution < 1.29 is 23.9 Å². The minimum atomic E-state index is -0.616. The third-order valence-corrected chi connectivity index (χ3v) is 10.1. The Hall–Kier alpha value is -3.59. The zero-order chi connectivity index (χ0) is 30.9. The van der Waals surface area contributed by atoms with Crippen LogP contribution in [0.1, 0.15) is 81.8 Å². The molecule has 0 radical (unpaired) electrons. The number of halogens is 1. The summed E-state index contributed by atoms with van der Waals surface area (Å²) in [5, 5.41) is 8.47. The molecule has 1 aromatic carbocycles. The summed E-state index contributed by atoms with van der Waals surface area (Å²) in [4.78, 5) is 50.6. The van der Waals surface area contributed by atoms with Crippen molar-refractivity contribution in [2.75, 3.05) is 11.4 Å². The van der Waals surface area contributed by atoms with Gasteiger partial charge in [-0.1, -0.05) is 62.2 Å². The molecule has 3 atom stereocenters. The summed E-state index contributed by atoms with van der Waals surface area (Å²) >= 11 is 5.97. The average molecular weight is 607 g/mol. The van der Waals surface area contributed by atoms with E-state index >= 15 is 0 Å². The second-order valence-corrected chi connectivity index (χ2v) is 13.5. The molecule has 1 aromatic heterocycles. The predicted molar refractivity (Wildman–Crippen MR) is 162 cm³/mol. The molecule has 9 nitrogen and oxygen atoms in total. The van der Waals surface area contributed by atoms with Crippen LogP contribution in [0.3, 0.4) is 0 Å². The van der Waals surface area contributed by atoms with Crippen molar-refractivity contribution in [3.63, 3.8) is 0 Å². The number of carbonyl (C=O) groups is 4. The van der Waals surface area contributed by atoms with E-state index in [9.17, 15) is 19.2 Å². The van der Waals surface area contributed by atoms with Crippen LogP contribution in [0, 0.1) is 22.7 Å². The Kier molecular flexibility index (Phi) is 8.75. The van der Waals surface area contributed by atoms with Crippen LogP contribution in [0.2, 0.25) is 5.02 Å². The molecular weight excluding hydrogens is 568 g/mol. The Morgan fingerprint density at radius 2 is 2.00 bits per heavy atom. The number of aromatic nitrogens is 3. The van der Waals surface area contributed by atoms with Crippen molar-refractivity contribution in [1.82, 2.24) is 15.0 Å². The van der Waals surface area contributed by atoms with E-state index in [0.717, 1.165) is 19.1 Å². The molecule has 0 bridgehead atoms. The smallest absolute Gasteiger partial charge is 0.310 e. The molecule has 43 heavy (non-hydrogen) atoms. The Morgan fingerprint density at radius 1 is 1.21 bits per heavy atom. The number of ether oxygens (including phenoxy) is 1. The van der Waals surface area contributed by atoms with Gasteiger partial charge in [-0.05, 0) is 78.5 Å². The molecule has 5 rings (SSSR count). The lowest BCUT2D eigenvalue weighted by atomic mass is 9.47. The Bertz CT molecular complexity index is 1490. The van der Waals surface area contributed by atoms with Crippen LogP contribution < -0.4 is 4.90 Å². The highest BCUT2D eigenvalue weighted by Gasteiger charge is 2.52. The molecule has 1 aliphatic heterocycles. The van der Waals surface area contributed by atoms with Gasteiger partial charge >= 0.3 is 5.97 Å². The van der Waals surface area contributed by atoms with Gasteiger partial charge < -0.3 is 9.64 Å². The molecule has 3 aliphatic rings. The number of allylic oxidation sites excluding steroid dienone is 2. The number of carbonyl (C=O) groups excluding carboxylic acids is 4. The van der Waals surface area contributed by atoms with Crippen LogP contribution in [-0.2, 0) is 32.3 Å². The summed E-state index contributed by atoms with van der Waals surface area (Å²) in [5.74, 6) is -0.826. The van der Waals surface area contributed by atoms with Gasteiger partial charge in [-0.3, -0.25) is 23.9 Å². The monoisotopic (exact) mass is 606 g/mol. The fourth-order valence-corrected chi connectivity index (χ4v) is 7.90. The van der Waals surface area contributed by atoms with E-state index in [1.54, 1.807) is 18.3 Å². The molecule has 0 N–H and O–H groups in total. The number of esters is 1. The van der Waals surface area contributed by atoms with Gasteiger partial charge in [0.25, 0.3) is 11.7 Å². The van der Waals surface area contributed by atoms with E-state index < -0.39 is 17.7 Å². The lowest BCUT2D eigenvalue weighted by Crippen LogP contribution is -2.49. The van der Waals surface area contributed by atoms with Crippen LogP contribution in [0.5, 0.6) is 0 Å². The van der Waals surface area contributed by atoms with Gasteiger partial charge in [-0.15, -0.1) is 5.10 Å². The molecule has 0 unspecified atom stereocenters. The van der Waals surface area contributed by atoms with Gasteiger partial charge in [0.1, 0.15) is 18.6 Å². The molecule has 0 spiro atoms. The van der Waals surface area contributed by atoms with Crippen LogP contribution in [0.4, 0.5) is 5.69 Å². The maximum atomic E-state index is 12.6. The third kappa shape index (κ3) is 6.23. The van der Waals surface area contributed by atoms with Crippen molar-refractivity contribution in [2.24, 2.45) is 22.7 Å². The number of fused-ring (bicyclic) bond motifs is 2. The number of anilines is 1. The van der Waals surface area contributed by atoms with E-state index in [4.69, 9.17) is 16.3 Å². The minimum Gasteiger partial charge on any atom is -0.459 e. The quantitative estimate of drug-likeness (QED) is 0.109. The van der Waals surface area contributed by atoms with Crippen molar-refractivity contribution in [1.29, 1.82) is 0 Å². The zero-order valence-electron chi connectivity index (χ0n) is 25.1. The molecule has 2 heterocycles. The summed E-state index contributed by atoms with van der Waals surface area (Å²) in [5.41, 5.74) is 3.32. The molecule has 228 valence electrons. The second-order valence-electron chi connectivity index (χ2n) is 13.0. The van der Waals surface area contributed by atoms with Crippen LogP contribution in [-0.4, -0.2) is 45.5 Å². The van der Waals surface area contributed by atoms with E-state index in [0.29, 0.717) is 39.7 Å². The van der Waals surface area contributed by atoms with Gasteiger partial charge in [0, 0.05) is 11.6 Å². The van der Waals surface area contributed by atoms with Gasteiger partial charge in [-0.25, -0.2) is 0 Å². The number of hydrogen-bond acceptors (Lipinski definition) is 7. The van der Waals surface area contributed by atoms with E-state index in [2.05, 4.69) is 37.7 Å². The number of ketones is 1. The first-order valence-corrected chi connectivity index (χ1v) is 15.3. The van der Waals surface area contributed by atoms with E-state index in [-0.39, 0.29) is 43.0 Å². The molecule has 10 heteroatoms.